The number of nitrogens with zero attached hydrogens (tertiary/aromatic N) is 4. The van der Waals surface area contributed by atoms with E-state index in [-0.39, 0.29) is 11.5 Å². The van der Waals surface area contributed by atoms with Gasteiger partial charge in [0.1, 0.15) is 17.8 Å². The molecule has 1 aromatic carbocycles. The predicted octanol–water partition coefficient (Wildman–Crippen LogP) is 2.74. The monoisotopic (exact) mass is 316 g/mol. The average molecular weight is 317 g/mol. The summed E-state index contributed by atoms with van der Waals surface area (Å²) in [6.45, 7) is 0.345. The second-order valence-corrected chi connectivity index (χ2v) is 5.00. The van der Waals surface area contributed by atoms with E-state index in [1.165, 1.54) is 30.9 Å². The molecule has 7 heteroatoms. The van der Waals surface area contributed by atoms with Gasteiger partial charge in [-0.1, -0.05) is 17.7 Å². The third-order valence-electron chi connectivity index (χ3n) is 3.04. The van der Waals surface area contributed by atoms with Crippen LogP contribution in [-0.4, -0.2) is 25.5 Å². The molecule has 0 N–H and O–H groups in total. The van der Waals surface area contributed by atoms with Crippen LogP contribution in [0.15, 0.2) is 49.2 Å². The number of carbonyl (C=O) groups excluding carboxylic acids is 1. The average Bonchev–Trinajstić information content (AvgIpc) is 2.99. The van der Waals surface area contributed by atoms with Crippen LogP contribution in [-0.2, 0) is 6.54 Å². The van der Waals surface area contributed by atoms with Crippen LogP contribution in [0.3, 0.4) is 0 Å². The molecule has 2 heterocycles. The molecule has 0 amide bonds. The van der Waals surface area contributed by atoms with E-state index in [1.54, 1.807) is 23.0 Å². The summed E-state index contributed by atoms with van der Waals surface area (Å²) >= 11 is 5.98. The van der Waals surface area contributed by atoms with Gasteiger partial charge in [0, 0.05) is 23.6 Å². The molecule has 3 aromatic rings. The molecule has 5 nitrogen and oxygen atoms in total. The summed E-state index contributed by atoms with van der Waals surface area (Å²) in [4.78, 5) is 19.8. The van der Waals surface area contributed by atoms with Gasteiger partial charge in [-0.05, 0) is 23.8 Å². The number of hydrogen-bond acceptors (Lipinski definition) is 4. The Bertz CT molecular complexity index is 819. The SMILES string of the molecule is O=C(c1cncnc1)c1ccn(Cc2ccc(F)cc2Cl)n1. The number of benzene rings is 1. The number of carbonyl (C=O) groups is 1. The second kappa shape index (κ2) is 6.03. The largest absolute Gasteiger partial charge is 0.287 e. The highest BCUT2D eigenvalue weighted by molar-refractivity contribution is 6.31. The van der Waals surface area contributed by atoms with Crippen LogP contribution in [0, 0.1) is 5.82 Å². The number of hydrogen-bond donors (Lipinski definition) is 0. The van der Waals surface area contributed by atoms with Crippen molar-refractivity contribution in [1.82, 2.24) is 19.7 Å². The van der Waals surface area contributed by atoms with E-state index in [4.69, 9.17) is 11.6 Å². The fourth-order valence-electron chi connectivity index (χ4n) is 1.96. The van der Waals surface area contributed by atoms with E-state index in [0.29, 0.717) is 22.7 Å². The molecule has 0 atom stereocenters. The van der Waals surface area contributed by atoms with Crippen molar-refractivity contribution in [3.8, 4) is 0 Å². The minimum Gasteiger partial charge on any atom is -0.287 e. The fourth-order valence-corrected chi connectivity index (χ4v) is 2.19. The Hall–Kier alpha value is -2.60. The standard InChI is InChI=1S/C15H10ClFN4O/c16-13-5-12(17)2-1-10(13)8-21-4-3-14(20-21)15(22)11-6-18-9-19-7-11/h1-7,9H,8H2. The Morgan fingerprint density at radius 3 is 2.73 bits per heavy atom. The van der Waals surface area contributed by atoms with Crippen LogP contribution in [0.5, 0.6) is 0 Å². The number of aromatic nitrogens is 4. The molecule has 0 spiro atoms. The van der Waals surface area contributed by atoms with Crippen LogP contribution in [0.2, 0.25) is 5.02 Å². The van der Waals surface area contributed by atoms with Gasteiger partial charge in [0.25, 0.3) is 0 Å². The molecule has 0 saturated heterocycles. The van der Waals surface area contributed by atoms with E-state index in [0.717, 1.165) is 0 Å². The van der Waals surface area contributed by atoms with E-state index < -0.39 is 5.82 Å². The van der Waals surface area contributed by atoms with Gasteiger partial charge in [0.15, 0.2) is 0 Å². The molecule has 0 saturated carbocycles. The van der Waals surface area contributed by atoms with Crippen LogP contribution in [0.4, 0.5) is 4.39 Å². The smallest absolute Gasteiger partial charge is 0.216 e. The lowest BCUT2D eigenvalue weighted by molar-refractivity contribution is 0.103. The molecule has 0 fully saturated rings. The van der Waals surface area contributed by atoms with Gasteiger partial charge in [0.2, 0.25) is 5.78 Å². The molecule has 0 unspecified atom stereocenters. The Labute approximate surface area is 130 Å². The van der Waals surface area contributed by atoms with Gasteiger partial charge >= 0.3 is 0 Å². The number of halogens is 2. The maximum absolute atomic E-state index is 13.0. The minimum absolute atomic E-state index is 0.260. The summed E-state index contributed by atoms with van der Waals surface area (Å²) < 4.78 is 14.6. The molecule has 3 rings (SSSR count). The first-order chi connectivity index (χ1) is 10.6. The Morgan fingerprint density at radius 1 is 1.23 bits per heavy atom. The number of rotatable bonds is 4. The van der Waals surface area contributed by atoms with E-state index in [9.17, 15) is 9.18 Å². The van der Waals surface area contributed by atoms with E-state index >= 15 is 0 Å². The zero-order valence-corrected chi connectivity index (χ0v) is 12.0. The molecule has 0 aliphatic heterocycles. The van der Waals surface area contributed by atoms with Crippen LogP contribution in [0.25, 0.3) is 0 Å². The molecule has 0 aliphatic carbocycles. The Balaban J connectivity index is 1.81. The first-order valence-corrected chi connectivity index (χ1v) is 6.78. The van der Waals surface area contributed by atoms with Crippen molar-refractivity contribution in [3.63, 3.8) is 0 Å². The Kier molecular flexibility index (Phi) is 3.93. The van der Waals surface area contributed by atoms with Crippen molar-refractivity contribution < 1.29 is 9.18 Å². The van der Waals surface area contributed by atoms with Gasteiger partial charge in [0.05, 0.1) is 12.1 Å². The van der Waals surface area contributed by atoms with Crippen molar-refractivity contribution in [2.24, 2.45) is 0 Å². The first kappa shape index (κ1) is 14.3. The highest BCUT2D eigenvalue weighted by Gasteiger charge is 2.13. The maximum Gasteiger partial charge on any atom is 0.216 e. The molecule has 2 aromatic heterocycles. The lowest BCUT2D eigenvalue weighted by atomic mass is 10.2. The van der Waals surface area contributed by atoms with Crippen molar-refractivity contribution in [1.29, 1.82) is 0 Å². The van der Waals surface area contributed by atoms with Gasteiger partial charge < -0.3 is 0 Å². The van der Waals surface area contributed by atoms with Gasteiger partial charge in [-0.2, -0.15) is 5.10 Å². The van der Waals surface area contributed by atoms with Crippen molar-refractivity contribution in [2.75, 3.05) is 0 Å². The molecule has 0 bridgehead atoms. The summed E-state index contributed by atoms with van der Waals surface area (Å²) in [5, 5.41) is 4.52. The van der Waals surface area contributed by atoms with E-state index in [1.807, 2.05) is 0 Å². The fraction of sp³-hybridized carbons (Fsp3) is 0.0667. The van der Waals surface area contributed by atoms with E-state index in [2.05, 4.69) is 15.1 Å². The van der Waals surface area contributed by atoms with Crippen LogP contribution in [0.1, 0.15) is 21.6 Å². The maximum atomic E-state index is 13.0. The predicted molar refractivity (Wildman–Crippen MR) is 78.2 cm³/mol. The minimum atomic E-state index is -0.394. The first-order valence-electron chi connectivity index (χ1n) is 6.40. The third-order valence-corrected chi connectivity index (χ3v) is 3.40. The molecular weight excluding hydrogens is 307 g/mol. The van der Waals surface area contributed by atoms with Gasteiger partial charge in [-0.3, -0.25) is 9.48 Å². The lowest BCUT2D eigenvalue weighted by Gasteiger charge is -2.04. The molecule has 22 heavy (non-hydrogen) atoms. The second-order valence-electron chi connectivity index (χ2n) is 4.59. The summed E-state index contributed by atoms with van der Waals surface area (Å²) in [7, 11) is 0. The zero-order valence-electron chi connectivity index (χ0n) is 11.3. The molecular formula is C15H10ClFN4O. The highest BCUT2D eigenvalue weighted by Crippen LogP contribution is 2.18. The molecule has 110 valence electrons. The summed E-state index contributed by atoms with van der Waals surface area (Å²) in [6.07, 6.45) is 5.89. The van der Waals surface area contributed by atoms with Crippen LogP contribution < -0.4 is 0 Å². The van der Waals surface area contributed by atoms with Crippen molar-refractivity contribution in [2.45, 2.75) is 6.54 Å². The number of ketones is 1. The van der Waals surface area contributed by atoms with Gasteiger partial charge in [-0.15, -0.1) is 0 Å². The molecule has 0 aliphatic rings. The summed E-state index contributed by atoms with van der Waals surface area (Å²) in [5.41, 5.74) is 1.37. The van der Waals surface area contributed by atoms with Crippen molar-refractivity contribution >= 4 is 17.4 Å². The highest BCUT2D eigenvalue weighted by atomic mass is 35.5. The van der Waals surface area contributed by atoms with Gasteiger partial charge in [-0.25, -0.2) is 14.4 Å². The summed E-state index contributed by atoms with van der Waals surface area (Å²) in [5.74, 6) is -0.654. The lowest BCUT2D eigenvalue weighted by Crippen LogP contribution is -2.06. The Morgan fingerprint density at radius 2 is 2.00 bits per heavy atom. The summed E-state index contributed by atoms with van der Waals surface area (Å²) in [6, 6.07) is 5.77. The molecule has 0 radical (unpaired) electrons. The van der Waals surface area contributed by atoms with Crippen molar-refractivity contribution in [3.05, 3.63) is 76.8 Å². The normalized spacial score (nSPS) is 10.6. The topological polar surface area (TPSA) is 60.7 Å². The quantitative estimate of drug-likeness (QED) is 0.694. The third kappa shape index (κ3) is 3.01. The zero-order chi connectivity index (χ0) is 15.5. The van der Waals surface area contributed by atoms with Crippen LogP contribution >= 0.6 is 11.6 Å².